The summed E-state index contributed by atoms with van der Waals surface area (Å²) in [6.07, 6.45) is 3.26. The van der Waals surface area contributed by atoms with Gasteiger partial charge in [-0.05, 0) is 19.1 Å². The lowest BCUT2D eigenvalue weighted by Gasteiger charge is -2.33. The zero-order valence-electron chi connectivity index (χ0n) is 10.00. The van der Waals surface area contributed by atoms with Gasteiger partial charge in [0, 0.05) is 25.5 Å². The molecule has 6 nitrogen and oxygen atoms in total. The summed E-state index contributed by atoms with van der Waals surface area (Å²) < 4.78 is 0. The van der Waals surface area contributed by atoms with Crippen LogP contribution < -0.4 is 10.2 Å². The molecule has 1 N–H and O–H groups in total. The first-order chi connectivity index (χ1) is 8.75. The predicted octanol–water partition coefficient (Wildman–Crippen LogP) is 0.349. The second-order valence-electron chi connectivity index (χ2n) is 4.23. The summed E-state index contributed by atoms with van der Waals surface area (Å²) in [6.45, 7) is 3.27. The topological polar surface area (TPSA) is 71.0 Å². The van der Waals surface area contributed by atoms with Crippen LogP contribution in [0.1, 0.15) is 6.92 Å². The highest BCUT2D eigenvalue weighted by atomic mass is 16.2. The normalized spacial score (nSPS) is 19.9. The molecule has 0 aliphatic carbocycles. The minimum Gasteiger partial charge on any atom is -0.353 e. The zero-order valence-corrected chi connectivity index (χ0v) is 10.00. The van der Waals surface area contributed by atoms with Crippen molar-refractivity contribution in [3.8, 4) is 0 Å². The number of hydrogen-bond donors (Lipinski definition) is 1. The Morgan fingerprint density at radius 2 is 2.17 bits per heavy atom. The third-order valence-electron chi connectivity index (χ3n) is 3.11. The third-order valence-corrected chi connectivity index (χ3v) is 3.11. The van der Waals surface area contributed by atoms with Crippen molar-refractivity contribution in [2.75, 3.05) is 18.0 Å². The Labute approximate surface area is 104 Å². The second kappa shape index (κ2) is 4.21. The molecule has 0 aromatic carbocycles. The summed E-state index contributed by atoms with van der Waals surface area (Å²) in [6, 6.07) is 3.55. The van der Waals surface area contributed by atoms with Crippen LogP contribution in [0.5, 0.6) is 0 Å². The van der Waals surface area contributed by atoms with E-state index in [1.165, 1.54) is 0 Å². The van der Waals surface area contributed by atoms with Crippen LogP contribution in [0, 0.1) is 0 Å². The van der Waals surface area contributed by atoms with Gasteiger partial charge in [0.1, 0.15) is 17.4 Å². The lowest BCUT2D eigenvalue weighted by molar-refractivity contribution is -0.122. The SMILES string of the molecule is C[C@H]1C(=O)NCCN1c1ccc2nccnc2n1. The highest BCUT2D eigenvalue weighted by Gasteiger charge is 2.26. The van der Waals surface area contributed by atoms with Crippen LogP contribution in [-0.4, -0.2) is 40.0 Å². The highest BCUT2D eigenvalue weighted by Crippen LogP contribution is 2.18. The second-order valence-corrected chi connectivity index (χ2v) is 4.23. The van der Waals surface area contributed by atoms with Gasteiger partial charge in [-0.3, -0.25) is 9.78 Å². The van der Waals surface area contributed by atoms with Crippen LogP contribution in [-0.2, 0) is 4.79 Å². The van der Waals surface area contributed by atoms with Crippen LogP contribution in [0.15, 0.2) is 24.5 Å². The maximum atomic E-state index is 11.6. The van der Waals surface area contributed by atoms with Gasteiger partial charge >= 0.3 is 0 Å². The van der Waals surface area contributed by atoms with Crippen molar-refractivity contribution in [3.05, 3.63) is 24.5 Å². The highest BCUT2D eigenvalue weighted by molar-refractivity contribution is 5.86. The van der Waals surface area contributed by atoms with Gasteiger partial charge in [0.25, 0.3) is 0 Å². The summed E-state index contributed by atoms with van der Waals surface area (Å²) in [5, 5.41) is 2.83. The van der Waals surface area contributed by atoms with Crippen LogP contribution in [0.25, 0.3) is 11.2 Å². The Kier molecular flexibility index (Phi) is 2.55. The molecule has 3 heterocycles. The summed E-state index contributed by atoms with van der Waals surface area (Å²) in [4.78, 5) is 26.4. The van der Waals surface area contributed by atoms with E-state index in [-0.39, 0.29) is 11.9 Å². The number of aromatic nitrogens is 3. The number of hydrogen-bond acceptors (Lipinski definition) is 5. The van der Waals surface area contributed by atoms with E-state index in [1.807, 2.05) is 24.0 Å². The summed E-state index contributed by atoms with van der Waals surface area (Å²) in [5.74, 6) is 0.799. The molecule has 6 heteroatoms. The molecule has 2 aromatic rings. The molecule has 1 aliphatic heterocycles. The van der Waals surface area contributed by atoms with Gasteiger partial charge in [-0.15, -0.1) is 0 Å². The van der Waals surface area contributed by atoms with Crippen LogP contribution >= 0.6 is 0 Å². The molecule has 1 fully saturated rings. The Hall–Kier alpha value is -2.24. The quantitative estimate of drug-likeness (QED) is 0.782. The van der Waals surface area contributed by atoms with Crippen molar-refractivity contribution in [2.24, 2.45) is 0 Å². The molecule has 2 aromatic heterocycles. The fourth-order valence-electron chi connectivity index (χ4n) is 2.10. The van der Waals surface area contributed by atoms with E-state index < -0.39 is 0 Å². The van der Waals surface area contributed by atoms with E-state index in [9.17, 15) is 4.79 Å². The summed E-state index contributed by atoms with van der Waals surface area (Å²) in [5.41, 5.74) is 1.36. The minimum atomic E-state index is -0.208. The molecule has 92 valence electrons. The number of nitrogens with one attached hydrogen (secondary N) is 1. The first kappa shape index (κ1) is 10.9. The van der Waals surface area contributed by atoms with Gasteiger partial charge in [-0.1, -0.05) is 0 Å². The van der Waals surface area contributed by atoms with Crippen LogP contribution in [0.3, 0.4) is 0 Å². The van der Waals surface area contributed by atoms with Crippen LogP contribution in [0.4, 0.5) is 5.82 Å². The number of piperazine rings is 1. The molecule has 1 amide bonds. The summed E-state index contributed by atoms with van der Waals surface area (Å²) >= 11 is 0. The average Bonchev–Trinajstić information content (AvgIpc) is 2.41. The van der Waals surface area contributed by atoms with Gasteiger partial charge < -0.3 is 10.2 Å². The van der Waals surface area contributed by atoms with Gasteiger partial charge in [0.05, 0.1) is 0 Å². The Morgan fingerprint density at radius 3 is 3.06 bits per heavy atom. The molecule has 18 heavy (non-hydrogen) atoms. The fraction of sp³-hybridized carbons (Fsp3) is 0.333. The number of carbonyl (C=O) groups excluding carboxylic acids is 1. The molecule has 0 bridgehead atoms. The minimum absolute atomic E-state index is 0.0299. The first-order valence-corrected chi connectivity index (χ1v) is 5.88. The third kappa shape index (κ3) is 1.75. The molecule has 1 aliphatic rings. The largest absolute Gasteiger partial charge is 0.353 e. The molecule has 0 spiro atoms. The standard InChI is InChI=1S/C12H13N5O/c1-8-12(18)15-6-7-17(8)10-3-2-9-11(16-10)14-5-4-13-9/h2-5,8H,6-7H2,1H3,(H,15,18)/t8-/m0/s1. The predicted molar refractivity (Wildman–Crippen MR) is 67.2 cm³/mol. The lowest BCUT2D eigenvalue weighted by atomic mass is 10.2. The number of anilines is 1. The van der Waals surface area contributed by atoms with Crippen LogP contribution in [0.2, 0.25) is 0 Å². The van der Waals surface area contributed by atoms with Crippen molar-refractivity contribution in [1.82, 2.24) is 20.3 Å². The Bertz CT molecular complexity index is 600. The van der Waals surface area contributed by atoms with Crippen molar-refractivity contribution >= 4 is 22.9 Å². The molecule has 0 saturated carbocycles. The van der Waals surface area contributed by atoms with Crippen molar-refractivity contribution in [1.29, 1.82) is 0 Å². The van der Waals surface area contributed by atoms with E-state index in [1.54, 1.807) is 12.4 Å². The smallest absolute Gasteiger partial charge is 0.242 e. The number of pyridine rings is 1. The maximum Gasteiger partial charge on any atom is 0.242 e. The van der Waals surface area contributed by atoms with Gasteiger partial charge in [0.15, 0.2) is 5.65 Å². The molecule has 3 rings (SSSR count). The van der Waals surface area contributed by atoms with E-state index in [2.05, 4.69) is 20.3 Å². The molecular formula is C12H13N5O. The summed E-state index contributed by atoms with van der Waals surface area (Å²) in [7, 11) is 0. The molecular weight excluding hydrogens is 230 g/mol. The van der Waals surface area contributed by atoms with E-state index >= 15 is 0 Å². The van der Waals surface area contributed by atoms with E-state index in [0.29, 0.717) is 12.2 Å². The number of nitrogens with zero attached hydrogens (tertiary/aromatic N) is 4. The fourth-order valence-corrected chi connectivity index (χ4v) is 2.10. The van der Waals surface area contributed by atoms with Gasteiger partial charge in [-0.2, -0.15) is 0 Å². The monoisotopic (exact) mass is 243 g/mol. The van der Waals surface area contributed by atoms with Crippen molar-refractivity contribution in [2.45, 2.75) is 13.0 Å². The molecule has 0 radical (unpaired) electrons. The van der Waals surface area contributed by atoms with Crippen molar-refractivity contribution in [3.63, 3.8) is 0 Å². The number of carbonyl (C=O) groups is 1. The Morgan fingerprint density at radius 1 is 1.33 bits per heavy atom. The number of amides is 1. The van der Waals surface area contributed by atoms with E-state index in [4.69, 9.17) is 0 Å². The Balaban J connectivity index is 2.00. The molecule has 1 saturated heterocycles. The molecule has 0 unspecified atom stereocenters. The number of rotatable bonds is 1. The lowest BCUT2D eigenvalue weighted by Crippen LogP contribution is -2.54. The van der Waals surface area contributed by atoms with Crippen molar-refractivity contribution < 1.29 is 4.79 Å². The van der Waals surface area contributed by atoms with Gasteiger partial charge in [-0.25, -0.2) is 9.97 Å². The average molecular weight is 243 g/mol. The zero-order chi connectivity index (χ0) is 12.5. The maximum absolute atomic E-state index is 11.6. The molecule has 1 atom stereocenters. The van der Waals surface area contributed by atoms with Gasteiger partial charge in [0.2, 0.25) is 5.91 Å². The van der Waals surface area contributed by atoms with E-state index in [0.717, 1.165) is 17.9 Å². The number of fused-ring (bicyclic) bond motifs is 1. The first-order valence-electron chi connectivity index (χ1n) is 5.88.